The minimum absolute atomic E-state index is 0.162. The summed E-state index contributed by atoms with van der Waals surface area (Å²) in [5, 5.41) is 0. The number of hydrogen-bond donors (Lipinski definition) is 0. The molecule has 7 heteroatoms. The van der Waals surface area contributed by atoms with Crippen molar-refractivity contribution in [1.29, 1.82) is 0 Å². The van der Waals surface area contributed by atoms with Gasteiger partial charge in [-0.05, 0) is 42.3 Å². The molecule has 0 spiro atoms. The maximum atomic E-state index is 13.2. The van der Waals surface area contributed by atoms with Crippen molar-refractivity contribution in [3.05, 3.63) is 81.5 Å². The van der Waals surface area contributed by atoms with Gasteiger partial charge in [0.25, 0.3) is 11.5 Å². The van der Waals surface area contributed by atoms with Crippen LogP contribution in [-0.4, -0.2) is 27.2 Å². The van der Waals surface area contributed by atoms with Gasteiger partial charge in [-0.2, -0.15) is 0 Å². The zero-order valence-electron chi connectivity index (χ0n) is 15.2. The Morgan fingerprint density at radius 1 is 1.11 bits per heavy atom. The van der Waals surface area contributed by atoms with Crippen LogP contribution in [0.3, 0.4) is 0 Å². The molecule has 2 aliphatic heterocycles. The minimum Gasteiger partial charge on any atom is -0.454 e. The molecule has 0 N–H and O–H groups in total. The molecule has 4 heterocycles. The highest BCUT2D eigenvalue weighted by Gasteiger charge is 2.28. The Balaban J connectivity index is 1.53. The van der Waals surface area contributed by atoms with Crippen molar-refractivity contribution in [2.45, 2.75) is 20.0 Å². The largest absolute Gasteiger partial charge is 0.454 e. The third kappa shape index (κ3) is 2.55. The molecule has 2 aliphatic rings. The summed E-state index contributed by atoms with van der Waals surface area (Å²) in [6.45, 7) is 2.81. The van der Waals surface area contributed by atoms with Gasteiger partial charge in [0.1, 0.15) is 5.56 Å². The Morgan fingerprint density at radius 2 is 1.96 bits per heavy atom. The SMILES string of the molecule is Cc1ccn(-c2ccc3c(c2)OCO3)c(=O)c1C(=O)N1Cc2cccnc2C1. The fourth-order valence-electron chi connectivity index (χ4n) is 3.63. The first-order valence-electron chi connectivity index (χ1n) is 8.96. The topological polar surface area (TPSA) is 73.7 Å². The molecule has 28 heavy (non-hydrogen) atoms. The van der Waals surface area contributed by atoms with Gasteiger partial charge >= 0.3 is 0 Å². The summed E-state index contributed by atoms with van der Waals surface area (Å²) >= 11 is 0. The molecule has 0 fully saturated rings. The maximum absolute atomic E-state index is 13.2. The number of carbonyl (C=O) groups is 1. The van der Waals surface area contributed by atoms with E-state index >= 15 is 0 Å². The number of nitrogens with zero attached hydrogens (tertiary/aromatic N) is 3. The molecule has 0 radical (unpaired) electrons. The smallest absolute Gasteiger partial charge is 0.268 e. The van der Waals surface area contributed by atoms with Gasteiger partial charge in [0.05, 0.1) is 17.9 Å². The second-order valence-corrected chi connectivity index (χ2v) is 6.86. The van der Waals surface area contributed by atoms with E-state index in [0.717, 1.165) is 11.3 Å². The van der Waals surface area contributed by atoms with Crippen molar-refractivity contribution in [2.24, 2.45) is 0 Å². The fraction of sp³-hybridized carbons (Fsp3) is 0.190. The van der Waals surface area contributed by atoms with Gasteiger partial charge in [0, 0.05) is 25.0 Å². The van der Waals surface area contributed by atoms with Crippen LogP contribution in [0.25, 0.3) is 5.69 Å². The molecule has 0 unspecified atom stereocenters. The van der Waals surface area contributed by atoms with E-state index in [1.54, 1.807) is 48.5 Å². The van der Waals surface area contributed by atoms with Gasteiger partial charge in [-0.25, -0.2) is 0 Å². The van der Waals surface area contributed by atoms with E-state index in [4.69, 9.17) is 9.47 Å². The molecule has 3 aromatic rings. The van der Waals surface area contributed by atoms with Crippen LogP contribution in [0.1, 0.15) is 27.2 Å². The summed E-state index contributed by atoms with van der Waals surface area (Å²) < 4.78 is 12.2. The minimum atomic E-state index is -0.354. The maximum Gasteiger partial charge on any atom is 0.268 e. The molecule has 0 aliphatic carbocycles. The lowest BCUT2D eigenvalue weighted by molar-refractivity contribution is 0.0747. The number of pyridine rings is 2. The lowest BCUT2D eigenvalue weighted by Gasteiger charge is -2.17. The van der Waals surface area contributed by atoms with Crippen LogP contribution < -0.4 is 15.0 Å². The number of benzene rings is 1. The molecular weight excluding hydrogens is 358 g/mol. The number of rotatable bonds is 2. The molecule has 5 rings (SSSR count). The van der Waals surface area contributed by atoms with Crippen molar-refractivity contribution in [3.8, 4) is 17.2 Å². The molecule has 0 saturated carbocycles. The van der Waals surface area contributed by atoms with Crippen LogP contribution in [0.4, 0.5) is 0 Å². The van der Waals surface area contributed by atoms with E-state index in [1.165, 1.54) is 4.57 Å². The van der Waals surface area contributed by atoms with Crippen LogP contribution in [0.5, 0.6) is 11.5 Å². The normalized spacial score (nSPS) is 14.2. The average Bonchev–Trinajstić information content (AvgIpc) is 3.34. The molecular formula is C21H17N3O4. The van der Waals surface area contributed by atoms with Crippen LogP contribution in [0.15, 0.2) is 53.6 Å². The van der Waals surface area contributed by atoms with E-state index in [9.17, 15) is 9.59 Å². The van der Waals surface area contributed by atoms with Gasteiger partial charge in [0.15, 0.2) is 11.5 Å². The first-order valence-corrected chi connectivity index (χ1v) is 8.96. The van der Waals surface area contributed by atoms with E-state index < -0.39 is 0 Å². The fourth-order valence-corrected chi connectivity index (χ4v) is 3.63. The second-order valence-electron chi connectivity index (χ2n) is 6.86. The Morgan fingerprint density at radius 3 is 2.82 bits per heavy atom. The number of ether oxygens (including phenoxy) is 2. The number of carbonyl (C=O) groups excluding carboxylic acids is 1. The van der Waals surface area contributed by atoms with Gasteiger partial charge in [-0.15, -0.1) is 0 Å². The van der Waals surface area contributed by atoms with Crippen molar-refractivity contribution in [3.63, 3.8) is 0 Å². The average molecular weight is 375 g/mol. The molecule has 7 nitrogen and oxygen atoms in total. The van der Waals surface area contributed by atoms with Crippen LogP contribution >= 0.6 is 0 Å². The summed E-state index contributed by atoms with van der Waals surface area (Å²) in [7, 11) is 0. The Bertz CT molecular complexity index is 1140. The van der Waals surface area contributed by atoms with Crippen molar-refractivity contribution in [2.75, 3.05) is 6.79 Å². The predicted octanol–water partition coefficient (Wildman–Crippen LogP) is 2.43. The van der Waals surface area contributed by atoms with Crippen molar-refractivity contribution in [1.82, 2.24) is 14.5 Å². The number of amides is 1. The first kappa shape index (κ1) is 16.6. The second kappa shape index (κ2) is 6.23. The van der Waals surface area contributed by atoms with E-state index in [-0.39, 0.29) is 23.8 Å². The highest BCUT2D eigenvalue weighted by Crippen LogP contribution is 2.33. The highest BCUT2D eigenvalue weighted by molar-refractivity contribution is 5.95. The van der Waals surface area contributed by atoms with Crippen molar-refractivity contribution >= 4 is 5.91 Å². The molecule has 0 atom stereocenters. The van der Waals surface area contributed by atoms with Gasteiger partial charge in [-0.1, -0.05) is 6.07 Å². The van der Waals surface area contributed by atoms with Crippen LogP contribution in [0.2, 0.25) is 0 Å². The lowest BCUT2D eigenvalue weighted by Crippen LogP contribution is -2.34. The molecule has 2 aromatic heterocycles. The Labute approximate surface area is 160 Å². The van der Waals surface area contributed by atoms with Crippen molar-refractivity contribution < 1.29 is 14.3 Å². The molecule has 1 aromatic carbocycles. The Hall–Kier alpha value is -3.61. The summed E-state index contributed by atoms with van der Waals surface area (Å²) in [6, 6.07) is 10.9. The quantitative estimate of drug-likeness (QED) is 0.688. The van der Waals surface area contributed by atoms with Gasteiger partial charge in [-0.3, -0.25) is 19.1 Å². The molecule has 0 bridgehead atoms. The zero-order chi connectivity index (χ0) is 19.3. The summed E-state index contributed by atoms with van der Waals surface area (Å²) in [4.78, 5) is 32.3. The van der Waals surface area contributed by atoms with Crippen LogP contribution in [-0.2, 0) is 13.1 Å². The number of aryl methyl sites for hydroxylation is 1. The number of fused-ring (bicyclic) bond motifs is 2. The molecule has 1 amide bonds. The summed E-state index contributed by atoms with van der Waals surface area (Å²) in [5.74, 6) is 0.942. The van der Waals surface area contributed by atoms with Gasteiger partial charge in [0.2, 0.25) is 6.79 Å². The standard InChI is InChI=1S/C21H17N3O4/c1-13-6-8-24(15-4-5-17-18(9-15)28-12-27-17)21(26)19(13)20(25)23-10-14-3-2-7-22-16(14)11-23/h2-9H,10-12H2,1H3. The third-order valence-electron chi connectivity index (χ3n) is 5.12. The van der Waals surface area contributed by atoms with E-state index in [0.29, 0.717) is 35.8 Å². The third-order valence-corrected chi connectivity index (χ3v) is 5.12. The number of hydrogen-bond acceptors (Lipinski definition) is 5. The lowest BCUT2D eigenvalue weighted by atomic mass is 10.1. The predicted molar refractivity (Wildman–Crippen MR) is 101 cm³/mol. The summed E-state index contributed by atoms with van der Waals surface area (Å²) in [6.07, 6.45) is 3.39. The van der Waals surface area contributed by atoms with Gasteiger partial charge < -0.3 is 14.4 Å². The first-order chi connectivity index (χ1) is 13.6. The Kier molecular flexibility index (Phi) is 3.68. The highest BCUT2D eigenvalue weighted by atomic mass is 16.7. The summed E-state index contributed by atoms with van der Waals surface area (Å²) in [5.41, 5.74) is 2.98. The zero-order valence-corrected chi connectivity index (χ0v) is 15.2. The number of aromatic nitrogens is 2. The van der Waals surface area contributed by atoms with Crippen LogP contribution in [0, 0.1) is 6.92 Å². The monoisotopic (exact) mass is 375 g/mol. The molecule has 0 saturated heterocycles. The van der Waals surface area contributed by atoms with E-state index in [2.05, 4.69) is 4.98 Å². The van der Waals surface area contributed by atoms with E-state index in [1.807, 2.05) is 12.1 Å². The molecule has 140 valence electrons.